The molecule has 1 aromatic heterocycles. The molecule has 0 unspecified atom stereocenters. The number of hydrogen-bond donors (Lipinski definition) is 1. The SMILES string of the molecule is Cc1ccc(F)c(NC(=O)c2ccc(COc3ccccc3Cl)o2)c1. The highest BCUT2D eigenvalue weighted by molar-refractivity contribution is 6.32. The van der Waals surface area contributed by atoms with Crippen LogP contribution in [0.25, 0.3) is 0 Å². The van der Waals surface area contributed by atoms with Crippen LogP contribution in [0.1, 0.15) is 21.9 Å². The molecule has 1 N–H and O–H groups in total. The van der Waals surface area contributed by atoms with Gasteiger partial charge in [-0.3, -0.25) is 4.79 Å². The Morgan fingerprint density at radius 2 is 2.00 bits per heavy atom. The second-order valence-corrected chi connectivity index (χ2v) is 5.83. The van der Waals surface area contributed by atoms with Crippen molar-refractivity contribution in [2.24, 2.45) is 0 Å². The van der Waals surface area contributed by atoms with E-state index in [1.807, 2.05) is 6.92 Å². The van der Waals surface area contributed by atoms with Crippen LogP contribution in [0, 0.1) is 12.7 Å². The average Bonchev–Trinajstić information content (AvgIpc) is 3.06. The predicted octanol–water partition coefficient (Wildman–Crippen LogP) is 5.21. The first kappa shape index (κ1) is 17.0. The highest BCUT2D eigenvalue weighted by atomic mass is 35.5. The average molecular weight is 360 g/mol. The van der Waals surface area contributed by atoms with Crippen LogP contribution < -0.4 is 10.1 Å². The standard InChI is InChI=1S/C19H15ClFNO3/c1-12-6-8-15(21)16(10-12)22-19(23)18-9-7-13(25-18)11-24-17-5-3-2-4-14(17)20/h2-10H,11H2,1H3,(H,22,23). The number of benzene rings is 2. The van der Waals surface area contributed by atoms with Crippen molar-refractivity contribution < 1.29 is 18.3 Å². The third kappa shape index (κ3) is 4.19. The molecule has 1 amide bonds. The summed E-state index contributed by atoms with van der Waals surface area (Å²) >= 11 is 6.01. The number of carbonyl (C=O) groups excluding carboxylic acids is 1. The molecule has 3 rings (SSSR count). The molecule has 0 aliphatic heterocycles. The van der Waals surface area contributed by atoms with Gasteiger partial charge in [0.05, 0.1) is 10.7 Å². The van der Waals surface area contributed by atoms with E-state index in [2.05, 4.69) is 5.32 Å². The van der Waals surface area contributed by atoms with Gasteiger partial charge in [-0.05, 0) is 48.9 Å². The smallest absolute Gasteiger partial charge is 0.291 e. The topological polar surface area (TPSA) is 51.5 Å². The summed E-state index contributed by atoms with van der Waals surface area (Å²) in [5.41, 5.74) is 0.945. The highest BCUT2D eigenvalue weighted by Crippen LogP contribution is 2.24. The molecule has 2 aromatic carbocycles. The molecule has 0 saturated heterocycles. The Bertz CT molecular complexity index is 907. The summed E-state index contributed by atoms with van der Waals surface area (Å²) in [6.07, 6.45) is 0. The molecule has 0 bridgehead atoms. The first-order valence-electron chi connectivity index (χ1n) is 7.56. The van der Waals surface area contributed by atoms with Crippen LogP contribution >= 0.6 is 11.6 Å². The van der Waals surface area contributed by atoms with Crippen molar-refractivity contribution in [3.05, 3.63) is 82.5 Å². The third-order valence-corrected chi connectivity index (χ3v) is 3.77. The van der Waals surface area contributed by atoms with Crippen LogP contribution in [-0.2, 0) is 6.61 Å². The second-order valence-electron chi connectivity index (χ2n) is 5.42. The number of anilines is 1. The lowest BCUT2D eigenvalue weighted by atomic mass is 10.2. The largest absolute Gasteiger partial charge is 0.484 e. The molecule has 3 aromatic rings. The lowest BCUT2D eigenvalue weighted by Crippen LogP contribution is -2.12. The van der Waals surface area contributed by atoms with Gasteiger partial charge in [0.2, 0.25) is 0 Å². The first-order valence-corrected chi connectivity index (χ1v) is 7.94. The fraction of sp³-hybridized carbons (Fsp3) is 0.105. The first-order chi connectivity index (χ1) is 12.0. The van der Waals surface area contributed by atoms with Crippen molar-refractivity contribution in [1.29, 1.82) is 0 Å². The predicted molar refractivity (Wildman–Crippen MR) is 93.6 cm³/mol. The zero-order valence-electron chi connectivity index (χ0n) is 13.4. The highest BCUT2D eigenvalue weighted by Gasteiger charge is 2.14. The van der Waals surface area contributed by atoms with E-state index in [0.29, 0.717) is 16.5 Å². The summed E-state index contributed by atoms with van der Waals surface area (Å²) < 4.78 is 24.7. The Morgan fingerprint density at radius 1 is 1.20 bits per heavy atom. The molecule has 0 radical (unpaired) electrons. The molecule has 4 nitrogen and oxygen atoms in total. The van der Waals surface area contributed by atoms with Crippen molar-refractivity contribution in [3.63, 3.8) is 0 Å². The Kier molecular flexibility index (Phi) is 5.05. The van der Waals surface area contributed by atoms with Crippen LogP contribution in [0.3, 0.4) is 0 Å². The van der Waals surface area contributed by atoms with Crippen LogP contribution in [0.2, 0.25) is 5.02 Å². The van der Waals surface area contributed by atoms with E-state index >= 15 is 0 Å². The fourth-order valence-electron chi connectivity index (χ4n) is 2.21. The quantitative estimate of drug-likeness (QED) is 0.680. The second kappa shape index (κ2) is 7.40. The van der Waals surface area contributed by atoms with Crippen molar-refractivity contribution >= 4 is 23.2 Å². The summed E-state index contributed by atoms with van der Waals surface area (Å²) in [6, 6.07) is 14.7. The van der Waals surface area contributed by atoms with Crippen LogP contribution in [-0.4, -0.2) is 5.91 Å². The zero-order valence-corrected chi connectivity index (χ0v) is 14.1. The number of furan rings is 1. The lowest BCUT2D eigenvalue weighted by molar-refractivity contribution is 0.0992. The molecule has 128 valence electrons. The number of aryl methyl sites for hydroxylation is 1. The minimum absolute atomic E-state index is 0.0682. The van der Waals surface area contributed by atoms with E-state index < -0.39 is 11.7 Å². The monoisotopic (exact) mass is 359 g/mol. The van der Waals surface area contributed by atoms with Crippen LogP contribution in [0.5, 0.6) is 5.75 Å². The summed E-state index contributed by atoms with van der Waals surface area (Å²) in [7, 11) is 0. The number of amides is 1. The Labute approximate surface area is 149 Å². The van der Waals surface area contributed by atoms with Crippen LogP contribution in [0.15, 0.2) is 59.0 Å². The van der Waals surface area contributed by atoms with E-state index in [0.717, 1.165) is 5.56 Å². The molecule has 0 saturated carbocycles. The number of nitrogens with one attached hydrogen (secondary N) is 1. The van der Waals surface area contributed by atoms with Crippen molar-refractivity contribution in [3.8, 4) is 5.75 Å². The Hall–Kier alpha value is -2.79. The minimum Gasteiger partial charge on any atom is -0.484 e. The van der Waals surface area contributed by atoms with E-state index in [-0.39, 0.29) is 18.1 Å². The Balaban J connectivity index is 1.65. The van der Waals surface area contributed by atoms with E-state index in [1.165, 1.54) is 12.1 Å². The molecule has 0 aliphatic rings. The van der Waals surface area contributed by atoms with Gasteiger partial charge < -0.3 is 14.5 Å². The van der Waals surface area contributed by atoms with Gasteiger partial charge in [-0.1, -0.05) is 29.8 Å². The number of hydrogen-bond acceptors (Lipinski definition) is 3. The molecule has 0 aliphatic carbocycles. The molecule has 0 atom stereocenters. The molecule has 0 spiro atoms. The number of halogens is 2. The van der Waals surface area contributed by atoms with Gasteiger partial charge in [0.15, 0.2) is 5.76 Å². The number of carbonyl (C=O) groups is 1. The van der Waals surface area contributed by atoms with E-state index in [9.17, 15) is 9.18 Å². The van der Waals surface area contributed by atoms with Crippen molar-refractivity contribution in [2.45, 2.75) is 13.5 Å². The van der Waals surface area contributed by atoms with Gasteiger partial charge in [-0.25, -0.2) is 4.39 Å². The van der Waals surface area contributed by atoms with Gasteiger partial charge in [-0.15, -0.1) is 0 Å². The number of para-hydroxylation sites is 1. The van der Waals surface area contributed by atoms with Gasteiger partial charge in [-0.2, -0.15) is 0 Å². The third-order valence-electron chi connectivity index (χ3n) is 3.46. The number of ether oxygens (including phenoxy) is 1. The molecule has 0 fully saturated rings. The summed E-state index contributed by atoms with van der Waals surface area (Å²) in [5, 5.41) is 2.98. The fourth-order valence-corrected chi connectivity index (χ4v) is 2.40. The van der Waals surface area contributed by atoms with Gasteiger partial charge in [0.1, 0.15) is 23.9 Å². The van der Waals surface area contributed by atoms with Crippen molar-refractivity contribution in [2.75, 3.05) is 5.32 Å². The van der Waals surface area contributed by atoms with E-state index in [4.69, 9.17) is 20.8 Å². The maximum atomic E-state index is 13.7. The normalized spacial score (nSPS) is 10.5. The van der Waals surface area contributed by atoms with Crippen LogP contribution in [0.4, 0.5) is 10.1 Å². The minimum atomic E-state index is -0.534. The molecule has 1 heterocycles. The van der Waals surface area contributed by atoms with Gasteiger partial charge >= 0.3 is 0 Å². The maximum Gasteiger partial charge on any atom is 0.291 e. The molecule has 25 heavy (non-hydrogen) atoms. The Morgan fingerprint density at radius 3 is 2.80 bits per heavy atom. The summed E-state index contributed by atoms with van der Waals surface area (Å²) in [6.45, 7) is 1.93. The molecule has 6 heteroatoms. The van der Waals surface area contributed by atoms with Gasteiger partial charge in [0.25, 0.3) is 5.91 Å². The molecular formula is C19H15ClFNO3. The maximum absolute atomic E-state index is 13.7. The summed E-state index contributed by atoms with van der Waals surface area (Å²) in [4.78, 5) is 12.2. The van der Waals surface area contributed by atoms with Gasteiger partial charge in [0, 0.05) is 0 Å². The zero-order chi connectivity index (χ0) is 17.8. The number of rotatable bonds is 5. The van der Waals surface area contributed by atoms with Crippen molar-refractivity contribution in [1.82, 2.24) is 0 Å². The van der Waals surface area contributed by atoms with E-state index in [1.54, 1.807) is 42.5 Å². The summed E-state index contributed by atoms with van der Waals surface area (Å²) in [5.74, 6) is 0.00289. The lowest BCUT2D eigenvalue weighted by Gasteiger charge is -2.06. The molecular weight excluding hydrogens is 345 g/mol.